The van der Waals surface area contributed by atoms with Gasteiger partial charge in [0.15, 0.2) is 0 Å². The first-order valence-electron chi connectivity index (χ1n) is 5.71. The Morgan fingerprint density at radius 1 is 1.58 bits per heavy atom. The van der Waals surface area contributed by atoms with E-state index in [1.165, 1.54) is 12.1 Å². The molecule has 0 bridgehead atoms. The molecule has 7 heteroatoms. The zero-order valence-corrected chi connectivity index (χ0v) is 11.5. The molecule has 1 heterocycles. The standard InChI is InChI=1S/C12H15FN4OS/c1-17(2)9-6-19-10-4-3-7(13)5-8(10)11(9)15-16-12(14)18/h3-5,9H,6H2,1-2H3,(H3,14,16,18)/b15-11-. The predicted octanol–water partition coefficient (Wildman–Crippen LogP) is 1.23. The molecule has 0 radical (unpaired) electrons. The van der Waals surface area contributed by atoms with E-state index in [4.69, 9.17) is 5.73 Å². The van der Waals surface area contributed by atoms with Crippen molar-refractivity contribution in [1.82, 2.24) is 10.3 Å². The highest BCUT2D eigenvalue weighted by atomic mass is 32.2. The third-order valence-corrected chi connectivity index (χ3v) is 3.99. The van der Waals surface area contributed by atoms with Gasteiger partial charge in [-0.3, -0.25) is 0 Å². The van der Waals surface area contributed by atoms with E-state index in [-0.39, 0.29) is 11.9 Å². The fraction of sp³-hybridized carbons (Fsp3) is 0.333. The van der Waals surface area contributed by atoms with Gasteiger partial charge in [0.05, 0.1) is 11.8 Å². The van der Waals surface area contributed by atoms with Crippen LogP contribution in [-0.4, -0.2) is 42.5 Å². The zero-order chi connectivity index (χ0) is 14.0. The predicted molar refractivity (Wildman–Crippen MR) is 73.9 cm³/mol. The molecule has 0 spiro atoms. The van der Waals surface area contributed by atoms with Crippen molar-refractivity contribution < 1.29 is 9.18 Å². The number of nitrogens with one attached hydrogen (secondary N) is 1. The van der Waals surface area contributed by atoms with Crippen molar-refractivity contribution in [3.8, 4) is 0 Å². The molecule has 5 nitrogen and oxygen atoms in total. The number of hydrogen-bond acceptors (Lipinski definition) is 4. The van der Waals surface area contributed by atoms with Crippen LogP contribution in [0.25, 0.3) is 0 Å². The number of primary amides is 1. The van der Waals surface area contributed by atoms with Gasteiger partial charge < -0.3 is 10.6 Å². The highest BCUT2D eigenvalue weighted by Crippen LogP contribution is 2.32. The highest BCUT2D eigenvalue weighted by Gasteiger charge is 2.28. The lowest BCUT2D eigenvalue weighted by Gasteiger charge is -2.30. The monoisotopic (exact) mass is 282 g/mol. The lowest BCUT2D eigenvalue weighted by atomic mass is 10.0. The summed E-state index contributed by atoms with van der Waals surface area (Å²) in [7, 11) is 3.82. The average Bonchev–Trinajstić information content (AvgIpc) is 2.35. The number of rotatable bonds is 2. The summed E-state index contributed by atoms with van der Waals surface area (Å²) >= 11 is 1.64. The van der Waals surface area contributed by atoms with Crippen molar-refractivity contribution >= 4 is 23.5 Å². The summed E-state index contributed by atoms with van der Waals surface area (Å²) in [6, 6.07) is 3.83. The van der Waals surface area contributed by atoms with Crippen LogP contribution in [0.5, 0.6) is 0 Å². The summed E-state index contributed by atoms with van der Waals surface area (Å²) in [5.74, 6) is 0.454. The van der Waals surface area contributed by atoms with Gasteiger partial charge >= 0.3 is 6.03 Å². The van der Waals surface area contributed by atoms with Gasteiger partial charge in [-0.1, -0.05) is 0 Å². The van der Waals surface area contributed by atoms with Crippen LogP contribution < -0.4 is 11.2 Å². The molecule has 0 saturated carbocycles. The Morgan fingerprint density at radius 3 is 2.95 bits per heavy atom. The van der Waals surface area contributed by atoms with Gasteiger partial charge in [0, 0.05) is 16.2 Å². The maximum absolute atomic E-state index is 13.4. The zero-order valence-electron chi connectivity index (χ0n) is 10.7. The van der Waals surface area contributed by atoms with Crippen LogP contribution in [0, 0.1) is 5.82 Å². The third-order valence-electron chi connectivity index (χ3n) is 2.84. The summed E-state index contributed by atoms with van der Waals surface area (Å²) in [6.07, 6.45) is 0. The summed E-state index contributed by atoms with van der Waals surface area (Å²) in [6.45, 7) is 0. The van der Waals surface area contributed by atoms with Gasteiger partial charge in [-0.15, -0.1) is 11.8 Å². The Balaban J connectivity index is 2.46. The maximum atomic E-state index is 13.4. The van der Waals surface area contributed by atoms with E-state index in [1.807, 2.05) is 19.0 Å². The number of amides is 2. The first-order valence-corrected chi connectivity index (χ1v) is 6.69. The number of fused-ring (bicyclic) bond motifs is 1. The summed E-state index contributed by atoms with van der Waals surface area (Å²) in [4.78, 5) is 13.7. The highest BCUT2D eigenvalue weighted by molar-refractivity contribution is 7.99. The van der Waals surface area contributed by atoms with E-state index in [0.29, 0.717) is 11.3 Å². The molecule has 1 aromatic rings. The molecule has 1 unspecified atom stereocenters. The summed E-state index contributed by atoms with van der Waals surface area (Å²) in [5.41, 5.74) is 8.58. The summed E-state index contributed by atoms with van der Waals surface area (Å²) in [5, 5.41) is 4.04. The van der Waals surface area contributed by atoms with E-state index < -0.39 is 6.03 Å². The van der Waals surface area contributed by atoms with Crippen LogP contribution in [0.15, 0.2) is 28.2 Å². The largest absolute Gasteiger partial charge is 0.350 e. The minimum atomic E-state index is -0.735. The van der Waals surface area contributed by atoms with Crippen molar-refractivity contribution in [2.24, 2.45) is 10.8 Å². The number of carbonyl (C=O) groups is 1. The van der Waals surface area contributed by atoms with Gasteiger partial charge in [0.2, 0.25) is 0 Å². The lowest BCUT2D eigenvalue weighted by molar-refractivity contribution is 0.249. The average molecular weight is 282 g/mol. The number of hydrogen-bond donors (Lipinski definition) is 2. The van der Waals surface area contributed by atoms with Gasteiger partial charge in [0.25, 0.3) is 0 Å². The second-order valence-electron chi connectivity index (χ2n) is 4.40. The molecule has 0 saturated heterocycles. The number of urea groups is 1. The number of benzene rings is 1. The Morgan fingerprint density at radius 2 is 2.32 bits per heavy atom. The molecule has 1 aliphatic heterocycles. The van der Waals surface area contributed by atoms with Crippen LogP contribution in [0.2, 0.25) is 0 Å². The first kappa shape index (κ1) is 13.8. The molecule has 1 aliphatic rings. The van der Waals surface area contributed by atoms with Gasteiger partial charge in [-0.05, 0) is 32.3 Å². The number of halogens is 1. The van der Waals surface area contributed by atoms with Crippen molar-refractivity contribution in [1.29, 1.82) is 0 Å². The molecule has 0 aliphatic carbocycles. The number of thioether (sulfide) groups is 1. The molecule has 19 heavy (non-hydrogen) atoms. The van der Waals surface area contributed by atoms with Gasteiger partial charge in [-0.25, -0.2) is 14.6 Å². The van der Waals surface area contributed by atoms with Gasteiger partial charge in [0.1, 0.15) is 5.82 Å². The molecule has 2 rings (SSSR count). The van der Waals surface area contributed by atoms with Crippen molar-refractivity contribution in [2.75, 3.05) is 19.8 Å². The SMILES string of the molecule is CN(C)C1CSc2ccc(F)cc2/C1=N/NC(N)=O. The molecule has 3 N–H and O–H groups in total. The Labute approximate surface area is 115 Å². The second kappa shape index (κ2) is 5.58. The van der Waals surface area contributed by atoms with Gasteiger partial charge in [-0.2, -0.15) is 5.10 Å². The van der Waals surface area contributed by atoms with E-state index >= 15 is 0 Å². The van der Waals surface area contributed by atoms with Crippen molar-refractivity contribution in [2.45, 2.75) is 10.9 Å². The number of nitrogens with zero attached hydrogens (tertiary/aromatic N) is 2. The third kappa shape index (κ3) is 3.05. The van der Waals surface area contributed by atoms with Crippen LogP contribution in [0.1, 0.15) is 5.56 Å². The molecular formula is C12H15FN4OS. The Kier molecular flexibility index (Phi) is 4.06. The van der Waals surface area contributed by atoms with Crippen molar-refractivity contribution in [3.05, 3.63) is 29.6 Å². The molecule has 1 aromatic carbocycles. The minimum absolute atomic E-state index is 0.00819. The molecule has 0 fully saturated rings. The smallest absolute Gasteiger partial charge is 0.332 e. The minimum Gasteiger partial charge on any atom is -0.350 e. The quantitative estimate of drug-likeness (QED) is 0.802. The fourth-order valence-electron chi connectivity index (χ4n) is 1.90. The maximum Gasteiger partial charge on any atom is 0.332 e. The second-order valence-corrected chi connectivity index (χ2v) is 5.47. The number of carbonyl (C=O) groups excluding carboxylic acids is 1. The lowest BCUT2D eigenvalue weighted by Crippen LogP contribution is -2.42. The Bertz CT molecular complexity index is 532. The van der Waals surface area contributed by atoms with Crippen LogP contribution >= 0.6 is 11.8 Å². The normalized spacial score (nSPS) is 20.4. The summed E-state index contributed by atoms with van der Waals surface area (Å²) < 4.78 is 13.4. The van der Waals surface area contributed by atoms with E-state index in [1.54, 1.807) is 17.8 Å². The van der Waals surface area contributed by atoms with Crippen molar-refractivity contribution in [3.63, 3.8) is 0 Å². The van der Waals surface area contributed by atoms with E-state index in [2.05, 4.69) is 10.5 Å². The van der Waals surface area contributed by atoms with Crippen LogP contribution in [0.3, 0.4) is 0 Å². The van der Waals surface area contributed by atoms with E-state index in [0.717, 1.165) is 10.6 Å². The molecular weight excluding hydrogens is 267 g/mol. The fourth-order valence-corrected chi connectivity index (χ4v) is 3.18. The molecule has 102 valence electrons. The van der Waals surface area contributed by atoms with E-state index in [9.17, 15) is 9.18 Å². The number of likely N-dealkylation sites (N-methyl/N-ethyl adjacent to an activating group) is 1. The first-order chi connectivity index (χ1) is 8.99. The molecule has 1 atom stereocenters. The van der Waals surface area contributed by atoms with Crippen LogP contribution in [-0.2, 0) is 0 Å². The topological polar surface area (TPSA) is 70.7 Å². The Hall–Kier alpha value is -1.60. The molecule has 2 amide bonds. The number of nitrogens with two attached hydrogens (primary N) is 1. The van der Waals surface area contributed by atoms with Crippen LogP contribution in [0.4, 0.5) is 9.18 Å². The number of hydrazone groups is 1. The molecule has 0 aromatic heterocycles.